The third kappa shape index (κ3) is 4.57. The Hall–Kier alpha value is -1.35. The number of amides is 2. The molecule has 0 aromatic heterocycles. The average molecular weight is 347 g/mol. The number of rotatable bonds is 2. The first-order valence-electron chi connectivity index (χ1n) is 7.89. The fourth-order valence-electron chi connectivity index (χ4n) is 3.14. The Morgan fingerprint density at radius 2 is 1.52 bits per heavy atom. The van der Waals surface area contributed by atoms with Gasteiger partial charge in [-0.3, -0.25) is 4.79 Å². The van der Waals surface area contributed by atoms with Gasteiger partial charge in [0.15, 0.2) is 0 Å². The predicted octanol–water partition coefficient (Wildman–Crippen LogP) is -0.0413. The summed E-state index contributed by atoms with van der Waals surface area (Å²) in [4.78, 5) is 27.6. The zero-order chi connectivity index (χ0) is 17.0. The molecule has 0 atom stereocenters. The van der Waals surface area contributed by atoms with E-state index < -0.39 is 10.0 Å². The third-order valence-corrected chi connectivity index (χ3v) is 5.82. The first kappa shape index (κ1) is 18.0. The van der Waals surface area contributed by atoms with E-state index in [1.54, 1.807) is 9.80 Å². The maximum absolute atomic E-state index is 12.6. The normalized spacial score (nSPS) is 21.8. The van der Waals surface area contributed by atoms with Crippen molar-refractivity contribution in [1.82, 2.24) is 14.1 Å². The Bertz CT molecular complexity index is 543. The highest BCUT2D eigenvalue weighted by Crippen LogP contribution is 2.22. The van der Waals surface area contributed by atoms with Crippen LogP contribution in [-0.2, 0) is 19.6 Å². The van der Waals surface area contributed by atoms with Gasteiger partial charge in [0, 0.05) is 45.2 Å². The molecule has 0 bridgehead atoms. The van der Waals surface area contributed by atoms with Crippen molar-refractivity contribution in [2.24, 2.45) is 5.92 Å². The smallest absolute Gasteiger partial charge is 0.409 e. The summed E-state index contributed by atoms with van der Waals surface area (Å²) in [7, 11) is -1.82. The Balaban J connectivity index is 1.88. The standard InChI is InChI=1S/C14H25N3O5S/c1-22-14(19)16-7-3-6-15(10-11-16)13(18)12-4-8-17(9-5-12)23(2,20)21/h12H,3-11H2,1-2H3. The van der Waals surface area contributed by atoms with Gasteiger partial charge in [0.2, 0.25) is 15.9 Å². The van der Waals surface area contributed by atoms with Crippen molar-refractivity contribution in [2.45, 2.75) is 19.3 Å². The Morgan fingerprint density at radius 3 is 2.09 bits per heavy atom. The largest absolute Gasteiger partial charge is 0.453 e. The zero-order valence-corrected chi connectivity index (χ0v) is 14.5. The average Bonchev–Trinajstić information content (AvgIpc) is 2.78. The summed E-state index contributed by atoms with van der Waals surface area (Å²) in [6, 6.07) is 0. The Labute approximate surface area is 137 Å². The van der Waals surface area contributed by atoms with Crippen LogP contribution in [0.4, 0.5) is 4.79 Å². The fraction of sp³-hybridized carbons (Fsp3) is 0.857. The number of ether oxygens (including phenoxy) is 1. The topological polar surface area (TPSA) is 87.2 Å². The molecule has 2 amide bonds. The summed E-state index contributed by atoms with van der Waals surface area (Å²) in [6.07, 6.45) is 2.68. The van der Waals surface area contributed by atoms with Gasteiger partial charge in [0.05, 0.1) is 13.4 Å². The monoisotopic (exact) mass is 347 g/mol. The summed E-state index contributed by atoms with van der Waals surface area (Å²) < 4.78 is 29.2. The SMILES string of the molecule is COC(=O)N1CCCN(C(=O)C2CCN(S(C)(=O)=O)CC2)CC1. The van der Waals surface area contributed by atoms with Gasteiger partial charge >= 0.3 is 6.09 Å². The maximum atomic E-state index is 12.6. The molecule has 23 heavy (non-hydrogen) atoms. The highest BCUT2D eigenvalue weighted by atomic mass is 32.2. The minimum absolute atomic E-state index is 0.0740. The minimum atomic E-state index is -3.18. The predicted molar refractivity (Wildman–Crippen MR) is 84.3 cm³/mol. The molecule has 2 fully saturated rings. The molecular weight excluding hydrogens is 322 g/mol. The number of sulfonamides is 1. The molecule has 8 nitrogen and oxygen atoms in total. The van der Waals surface area contributed by atoms with Crippen molar-refractivity contribution in [3.05, 3.63) is 0 Å². The van der Waals surface area contributed by atoms with Gasteiger partial charge in [-0.15, -0.1) is 0 Å². The number of methoxy groups -OCH3 is 1. The van der Waals surface area contributed by atoms with Gasteiger partial charge in [-0.1, -0.05) is 0 Å². The Kier molecular flexibility index (Phi) is 5.85. The molecule has 0 aromatic carbocycles. The Morgan fingerprint density at radius 1 is 0.957 bits per heavy atom. The van der Waals surface area contributed by atoms with Crippen molar-refractivity contribution in [1.29, 1.82) is 0 Å². The molecule has 2 saturated heterocycles. The van der Waals surface area contributed by atoms with E-state index in [4.69, 9.17) is 4.74 Å². The van der Waals surface area contributed by atoms with Gasteiger partial charge in [0.1, 0.15) is 0 Å². The lowest BCUT2D eigenvalue weighted by Crippen LogP contribution is -2.45. The molecule has 0 radical (unpaired) electrons. The molecule has 0 aromatic rings. The first-order chi connectivity index (χ1) is 10.8. The van der Waals surface area contributed by atoms with Crippen LogP contribution >= 0.6 is 0 Å². The molecule has 132 valence electrons. The maximum Gasteiger partial charge on any atom is 0.409 e. The second-order valence-corrected chi connectivity index (χ2v) is 8.05. The van der Waals surface area contributed by atoms with E-state index in [0.29, 0.717) is 52.1 Å². The lowest BCUT2D eigenvalue weighted by atomic mass is 9.96. The summed E-state index contributed by atoms with van der Waals surface area (Å²) in [5.74, 6) is -0.0532. The molecule has 0 N–H and O–H groups in total. The number of hydrogen-bond donors (Lipinski definition) is 0. The summed E-state index contributed by atoms with van der Waals surface area (Å²) in [5, 5.41) is 0. The van der Waals surface area contributed by atoms with Crippen molar-refractivity contribution in [2.75, 3.05) is 52.6 Å². The number of carbonyl (C=O) groups excluding carboxylic acids is 2. The quantitative estimate of drug-likeness (QED) is 0.699. The highest BCUT2D eigenvalue weighted by Gasteiger charge is 2.32. The molecule has 2 rings (SSSR count). The molecular formula is C14H25N3O5S. The number of hydrogen-bond acceptors (Lipinski definition) is 5. The van der Waals surface area contributed by atoms with Crippen LogP contribution in [-0.4, -0.2) is 87.2 Å². The summed E-state index contributed by atoms with van der Waals surface area (Å²) in [5.41, 5.74) is 0. The van der Waals surface area contributed by atoms with E-state index in [1.165, 1.54) is 17.7 Å². The van der Waals surface area contributed by atoms with E-state index in [2.05, 4.69) is 0 Å². The first-order valence-corrected chi connectivity index (χ1v) is 9.74. The van der Waals surface area contributed by atoms with E-state index >= 15 is 0 Å². The van der Waals surface area contributed by atoms with Gasteiger partial charge in [-0.25, -0.2) is 17.5 Å². The van der Waals surface area contributed by atoms with Crippen LogP contribution in [0.25, 0.3) is 0 Å². The fourth-order valence-corrected chi connectivity index (χ4v) is 4.02. The van der Waals surface area contributed by atoms with E-state index in [1.807, 2.05) is 0 Å². The summed E-state index contributed by atoms with van der Waals surface area (Å²) in [6.45, 7) is 2.98. The number of piperidine rings is 1. The van der Waals surface area contributed by atoms with E-state index in [0.717, 1.165) is 6.42 Å². The van der Waals surface area contributed by atoms with Gasteiger partial charge in [0.25, 0.3) is 0 Å². The second kappa shape index (κ2) is 7.48. The molecule has 2 aliphatic heterocycles. The van der Waals surface area contributed by atoms with Crippen molar-refractivity contribution < 1.29 is 22.7 Å². The molecule has 9 heteroatoms. The van der Waals surface area contributed by atoms with E-state index in [9.17, 15) is 18.0 Å². The molecule has 0 aliphatic carbocycles. The summed E-state index contributed by atoms with van der Waals surface area (Å²) >= 11 is 0. The third-order valence-electron chi connectivity index (χ3n) is 4.51. The minimum Gasteiger partial charge on any atom is -0.453 e. The zero-order valence-electron chi connectivity index (χ0n) is 13.7. The van der Waals surface area contributed by atoms with Crippen LogP contribution < -0.4 is 0 Å². The lowest BCUT2D eigenvalue weighted by Gasteiger charge is -2.32. The van der Waals surface area contributed by atoms with Crippen LogP contribution in [0.3, 0.4) is 0 Å². The van der Waals surface area contributed by atoms with Crippen LogP contribution in [0.2, 0.25) is 0 Å². The van der Waals surface area contributed by atoms with Gasteiger partial charge in [-0.2, -0.15) is 0 Å². The van der Waals surface area contributed by atoms with Crippen LogP contribution in [0, 0.1) is 5.92 Å². The molecule has 0 spiro atoms. The number of nitrogens with zero attached hydrogens (tertiary/aromatic N) is 3. The molecule has 2 aliphatic rings. The lowest BCUT2D eigenvalue weighted by molar-refractivity contribution is -0.136. The van der Waals surface area contributed by atoms with Gasteiger partial charge < -0.3 is 14.5 Å². The van der Waals surface area contributed by atoms with Crippen molar-refractivity contribution in [3.63, 3.8) is 0 Å². The highest BCUT2D eigenvalue weighted by molar-refractivity contribution is 7.88. The van der Waals surface area contributed by atoms with Crippen LogP contribution in [0.15, 0.2) is 0 Å². The van der Waals surface area contributed by atoms with Crippen LogP contribution in [0.5, 0.6) is 0 Å². The van der Waals surface area contributed by atoms with Crippen molar-refractivity contribution >= 4 is 22.0 Å². The second-order valence-electron chi connectivity index (χ2n) is 6.07. The van der Waals surface area contributed by atoms with Crippen LogP contribution in [0.1, 0.15) is 19.3 Å². The molecule has 2 heterocycles. The molecule has 0 saturated carbocycles. The van der Waals surface area contributed by atoms with Gasteiger partial charge in [-0.05, 0) is 19.3 Å². The van der Waals surface area contributed by atoms with Crippen molar-refractivity contribution in [3.8, 4) is 0 Å². The number of carbonyl (C=O) groups is 2. The molecule has 0 unspecified atom stereocenters. The van der Waals surface area contributed by atoms with E-state index in [-0.39, 0.29) is 17.9 Å².